The summed E-state index contributed by atoms with van der Waals surface area (Å²) in [6.45, 7) is 2.35. The van der Waals surface area contributed by atoms with Crippen LogP contribution in [0.5, 0.6) is 0 Å². The standard InChI is InChI=1S/C20H17NO2/c1-2-21-19(22)17-15-11-7-3-4-8-12(11)16(18(17)20(21)23)14-10-6-5-9-13(14)15/h3-10,15-18H,2H2,1H3. The molecule has 3 nitrogen and oxygen atoms in total. The summed E-state index contributed by atoms with van der Waals surface area (Å²) < 4.78 is 0. The fraction of sp³-hybridized carbons (Fsp3) is 0.300. The summed E-state index contributed by atoms with van der Waals surface area (Å²) in [7, 11) is 0. The molecule has 3 heteroatoms. The van der Waals surface area contributed by atoms with E-state index in [9.17, 15) is 9.59 Å². The van der Waals surface area contributed by atoms with Gasteiger partial charge in [0.2, 0.25) is 11.8 Å². The van der Waals surface area contributed by atoms with Gasteiger partial charge in [-0.15, -0.1) is 0 Å². The van der Waals surface area contributed by atoms with Gasteiger partial charge >= 0.3 is 0 Å². The molecule has 3 aliphatic carbocycles. The SMILES string of the molecule is CCN1C(=O)C2C3c4ccccc4C(c4ccccc43)C2C1=O. The van der Waals surface area contributed by atoms with Gasteiger partial charge in [-0.2, -0.15) is 0 Å². The highest BCUT2D eigenvalue weighted by molar-refractivity contribution is 6.07. The average molecular weight is 303 g/mol. The molecule has 2 amide bonds. The molecule has 2 aromatic rings. The Morgan fingerprint density at radius 1 is 0.739 bits per heavy atom. The first-order chi connectivity index (χ1) is 11.2. The molecule has 114 valence electrons. The average Bonchev–Trinajstić information content (AvgIpc) is 2.86. The van der Waals surface area contributed by atoms with E-state index < -0.39 is 0 Å². The Morgan fingerprint density at radius 2 is 1.09 bits per heavy atom. The van der Waals surface area contributed by atoms with Crippen LogP contribution in [0.3, 0.4) is 0 Å². The third-order valence-corrected chi connectivity index (χ3v) is 5.86. The number of carbonyl (C=O) groups excluding carboxylic acids is 2. The molecule has 1 fully saturated rings. The summed E-state index contributed by atoms with van der Waals surface area (Å²) in [5, 5.41) is 0. The van der Waals surface area contributed by atoms with Gasteiger partial charge in [-0.3, -0.25) is 14.5 Å². The molecule has 0 spiro atoms. The van der Waals surface area contributed by atoms with Crippen LogP contribution in [0, 0.1) is 11.8 Å². The number of imide groups is 1. The summed E-state index contributed by atoms with van der Waals surface area (Å²) in [5.41, 5.74) is 4.93. The number of likely N-dealkylation sites (tertiary alicyclic amines) is 1. The van der Waals surface area contributed by atoms with Crippen molar-refractivity contribution in [2.75, 3.05) is 6.54 Å². The van der Waals surface area contributed by atoms with Crippen molar-refractivity contribution in [3.63, 3.8) is 0 Å². The zero-order valence-corrected chi connectivity index (χ0v) is 12.9. The molecule has 2 bridgehead atoms. The molecule has 0 N–H and O–H groups in total. The molecule has 6 rings (SSSR count). The minimum Gasteiger partial charge on any atom is -0.282 e. The lowest BCUT2D eigenvalue weighted by molar-refractivity contribution is -0.139. The predicted octanol–water partition coefficient (Wildman–Crippen LogP) is 2.90. The Balaban J connectivity index is 1.82. The van der Waals surface area contributed by atoms with Gasteiger partial charge in [-0.1, -0.05) is 48.5 Å². The Kier molecular flexibility index (Phi) is 2.45. The summed E-state index contributed by atoms with van der Waals surface area (Å²) in [5.74, 6) is -0.381. The van der Waals surface area contributed by atoms with Gasteiger partial charge in [-0.05, 0) is 29.2 Å². The molecule has 0 radical (unpaired) electrons. The Bertz CT molecular complexity index is 741. The smallest absolute Gasteiger partial charge is 0.234 e. The lowest BCUT2D eigenvalue weighted by atomic mass is 9.55. The first kappa shape index (κ1) is 13.1. The fourth-order valence-electron chi connectivity index (χ4n) is 5.05. The Morgan fingerprint density at radius 3 is 1.39 bits per heavy atom. The molecular weight excluding hydrogens is 286 g/mol. The quantitative estimate of drug-likeness (QED) is 0.760. The van der Waals surface area contributed by atoms with Crippen molar-refractivity contribution in [2.24, 2.45) is 11.8 Å². The molecule has 0 aromatic heterocycles. The zero-order valence-electron chi connectivity index (χ0n) is 12.9. The number of hydrogen-bond donors (Lipinski definition) is 0. The maximum absolute atomic E-state index is 12.9. The van der Waals surface area contributed by atoms with Crippen LogP contribution >= 0.6 is 0 Å². The molecule has 23 heavy (non-hydrogen) atoms. The third kappa shape index (κ3) is 1.41. The highest BCUT2D eigenvalue weighted by Crippen LogP contribution is 2.60. The highest BCUT2D eigenvalue weighted by atomic mass is 16.2. The van der Waals surface area contributed by atoms with E-state index in [1.807, 2.05) is 31.2 Å². The van der Waals surface area contributed by atoms with E-state index in [1.54, 1.807) is 0 Å². The van der Waals surface area contributed by atoms with Crippen molar-refractivity contribution in [3.8, 4) is 0 Å². The van der Waals surface area contributed by atoms with Crippen molar-refractivity contribution in [2.45, 2.75) is 18.8 Å². The van der Waals surface area contributed by atoms with E-state index in [4.69, 9.17) is 0 Å². The lowest BCUT2D eigenvalue weighted by Gasteiger charge is -2.45. The van der Waals surface area contributed by atoms with Crippen LogP contribution in [-0.4, -0.2) is 23.3 Å². The monoisotopic (exact) mass is 303 g/mol. The van der Waals surface area contributed by atoms with E-state index in [1.165, 1.54) is 27.2 Å². The van der Waals surface area contributed by atoms with Gasteiger partial charge in [0.05, 0.1) is 11.8 Å². The second-order valence-corrected chi connectivity index (χ2v) is 6.69. The van der Waals surface area contributed by atoms with Crippen molar-refractivity contribution in [1.29, 1.82) is 0 Å². The molecule has 0 saturated carbocycles. The molecule has 1 aliphatic heterocycles. The van der Waals surface area contributed by atoms with E-state index in [0.29, 0.717) is 6.54 Å². The van der Waals surface area contributed by atoms with Crippen molar-refractivity contribution in [1.82, 2.24) is 4.90 Å². The van der Waals surface area contributed by atoms with Crippen LogP contribution in [0.2, 0.25) is 0 Å². The Labute approximate surface area is 134 Å². The van der Waals surface area contributed by atoms with Gasteiger partial charge in [0, 0.05) is 18.4 Å². The topological polar surface area (TPSA) is 37.4 Å². The minimum atomic E-state index is -0.225. The zero-order chi connectivity index (χ0) is 15.7. The van der Waals surface area contributed by atoms with Gasteiger partial charge in [0.15, 0.2) is 0 Å². The van der Waals surface area contributed by atoms with Gasteiger partial charge in [0.25, 0.3) is 0 Å². The third-order valence-electron chi connectivity index (χ3n) is 5.86. The van der Waals surface area contributed by atoms with Crippen LogP contribution in [0.1, 0.15) is 41.0 Å². The molecule has 2 aromatic carbocycles. The Hall–Kier alpha value is -2.42. The molecule has 2 unspecified atom stereocenters. The number of carbonyl (C=O) groups is 2. The van der Waals surface area contributed by atoms with Crippen molar-refractivity contribution < 1.29 is 9.59 Å². The highest BCUT2D eigenvalue weighted by Gasteiger charge is 2.60. The van der Waals surface area contributed by atoms with E-state index in [2.05, 4.69) is 24.3 Å². The van der Waals surface area contributed by atoms with Crippen LogP contribution in [0.4, 0.5) is 0 Å². The predicted molar refractivity (Wildman–Crippen MR) is 85.9 cm³/mol. The molecule has 2 atom stereocenters. The van der Waals surface area contributed by atoms with Crippen molar-refractivity contribution >= 4 is 11.8 Å². The number of amides is 2. The summed E-state index contributed by atoms with van der Waals surface area (Å²) in [6.07, 6.45) is 0. The van der Waals surface area contributed by atoms with Gasteiger partial charge in [-0.25, -0.2) is 0 Å². The molecule has 1 heterocycles. The second kappa shape index (κ2) is 4.31. The normalized spacial score (nSPS) is 30.2. The van der Waals surface area contributed by atoms with Crippen LogP contribution in [0.15, 0.2) is 48.5 Å². The maximum atomic E-state index is 12.9. The first-order valence-electron chi connectivity index (χ1n) is 8.27. The van der Waals surface area contributed by atoms with Crippen LogP contribution in [-0.2, 0) is 9.59 Å². The molecule has 1 saturated heterocycles. The fourth-order valence-corrected chi connectivity index (χ4v) is 5.05. The summed E-state index contributed by atoms with van der Waals surface area (Å²) in [6, 6.07) is 16.7. The molecule has 4 aliphatic rings. The number of rotatable bonds is 1. The largest absolute Gasteiger partial charge is 0.282 e. The van der Waals surface area contributed by atoms with Crippen LogP contribution in [0.25, 0.3) is 0 Å². The van der Waals surface area contributed by atoms with E-state index >= 15 is 0 Å². The number of hydrogen-bond acceptors (Lipinski definition) is 2. The minimum absolute atomic E-state index is 0.0153. The second-order valence-electron chi connectivity index (χ2n) is 6.69. The van der Waals surface area contributed by atoms with Gasteiger partial charge < -0.3 is 0 Å². The lowest BCUT2D eigenvalue weighted by Crippen LogP contribution is -2.41. The maximum Gasteiger partial charge on any atom is 0.234 e. The summed E-state index contributed by atoms with van der Waals surface area (Å²) in [4.78, 5) is 27.3. The number of nitrogens with zero attached hydrogens (tertiary/aromatic N) is 1. The summed E-state index contributed by atoms with van der Waals surface area (Å²) >= 11 is 0. The molecular formula is C20H17NO2. The first-order valence-corrected chi connectivity index (χ1v) is 8.27. The van der Waals surface area contributed by atoms with Crippen LogP contribution < -0.4 is 0 Å². The van der Waals surface area contributed by atoms with Crippen molar-refractivity contribution in [3.05, 3.63) is 70.8 Å². The number of benzene rings is 2. The van der Waals surface area contributed by atoms with E-state index in [0.717, 1.165) is 0 Å². The van der Waals surface area contributed by atoms with Gasteiger partial charge in [0.1, 0.15) is 0 Å². The van der Waals surface area contributed by atoms with E-state index in [-0.39, 0.29) is 35.5 Å².